The molecule has 0 spiro atoms. The molecule has 0 aliphatic rings. The van der Waals surface area contributed by atoms with Gasteiger partial charge in [-0.3, -0.25) is 19.0 Å². The fourth-order valence-corrected chi connectivity index (χ4v) is 3.86. The van der Waals surface area contributed by atoms with E-state index in [2.05, 4.69) is 10.3 Å². The predicted molar refractivity (Wildman–Crippen MR) is 107 cm³/mol. The number of hydrogen-bond acceptors (Lipinski definition) is 5. The van der Waals surface area contributed by atoms with Gasteiger partial charge in [-0.1, -0.05) is 17.7 Å². The average molecular weight is 405 g/mol. The predicted octanol–water partition coefficient (Wildman–Crippen LogP) is 3.03. The molecule has 2 amide bonds. The van der Waals surface area contributed by atoms with Gasteiger partial charge in [-0.05, 0) is 44.0 Å². The van der Waals surface area contributed by atoms with E-state index in [0.717, 1.165) is 16.9 Å². The highest BCUT2D eigenvalue weighted by molar-refractivity contribution is 7.20. The first-order valence-electron chi connectivity index (χ1n) is 8.07. The molecule has 27 heavy (non-hydrogen) atoms. The lowest BCUT2D eigenvalue weighted by Gasteiger charge is -2.15. The number of aryl methyl sites for hydroxylation is 2. The number of hydrogen-bond donors (Lipinski definition) is 2. The highest BCUT2D eigenvalue weighted by Gasteiger charge is 2.22. The first-order chi connectivity index (χ1) is 12.7. The number of amides is 2. The molecule has 0 aliphatic carbocycles. The number of nitrogens with zero attached hydrogens (tertiary/aromatic N) is 2. The van der Waals surface area contributed by atoms with Gasteiger partial charge in [0.25, 0.3) is 11.5 Å². The van der Waals surface area contributed by atoms with Crippen LogP contribution in [0.3, 0.4) is 0 Å². The second-order valence-corrected chi connectivity index (χ2v) is 7.59. The van der Waals surface area contributed by atoms with Crippen molar-refractivity contribution < 1.29 is 9.59 Å². The molecule has 7 nitrogen and oxygen atoms in total. The van der Waals surface area contributed by atoms with E-state index in [4.69, 9.17) is 17.3 Å². The molecule has 2 heterocycles. The summed E-state index contributed by atoms with van der Waals surface area (Å²) in [6, 6.07) is 4.36. The van der Waals surface area contributed by atoms with Crippen molar-refractivity contribution >= 4 is 50.7 Å². The molecular formula is C18H17ClN4O3S. The Bertz CT molecular complexity index is 1140. The maximum absolute atomic E-state index is 12.9. The molecular weight excluding hydrogens is 388 g/mol. The molecule has 2 aromatic heterocycles. The van der Waals surface area contributed by atoms with Crippen LogP contribution in [0, 0.1) is 13.8 Å². The van der Waals surface area contributed by atoms with E-state index in [0.29, 0.717) is 31.4 Å². The van der Waals surface area contributed by atoms with Gasteiger partial charge in [-0.2, -0.15) is 0 Å². The van der Waals surface area contributed by atoms with Crippen LogP contribution >= 0.6 is 22.9 Å². The van der Waals surface area contributed by atoms with E-state index in [9.17, 15) is 14.4 Å². The number of benzene rings is 1. The normalized spacial score (nSPS) is 12.1. The van der Waals surface area contributed by atoms with E-state index in [1.165, 1.54) is 10.9 Å². The number of thiophene rings is 1. The van der Waals surface area contributed by atoms with Crippen LogP contribution in [0.2, 0.25) is 5.02 Å². The summed E-state index contributed by atoms with van der Waals surface area (Å²) >= 11 is 7.14. The van der Waals surface area contributed by atoms with Crippen molar-refractivity contribution in [2.45, 2.75) is 26.8 Å². The number of nitrogens with one attached hydrogen (secondary N) is 1. The summed E-state index contributed by atoms with van der Waals surface area (Å²) in [5.74, 6) is -0.996. The second-order valence-electron chi connectivity index (χ2n) is 6.19. The van der Waals surface area contributed by atoms with Gasteiger partial charge in [0.1, 0.15) is 10.9 Å². The molecule has 0 aliphatic heterocycles. The Morgan fingerprint density at radius 1 is 1.33 bits per heavy atom. The van der Waals surface area contributed by atoms with Gasteiger partial charge in [0, 0.05) is 10.7 Å². The highest BCUT2D eigenvalue weighted by atomic mass is 35.5. The van der Waals surface area contributed by atoms with E-state index in [-0.39, 0.29) is 5.91 Å². The first-order valence-corrected chi connectivity index (χ1v) is 9.27. The monoisotopic (exact) mass is 404 g/mol. The van der Waals surface area contributed by atoms with Crippen LogP contribution in [0.15, 0.2) is 29.3 Å². The number of primary amides is 1. The third-order valence-corrected chi connectivity index (χ3v) is 5.96. The van der Waals surface area contributed by atoms with Crippen LogP contribution in [0.5, 0.6) is 0 Å². The summed E-state index contributed by atoms with van der Waals surface area (Å²) in [5.41, 5.74) is 6.85. The summed E-state index contributed by atoms with van der Waals surface area (Å²) in [6.45, 7) is 5.10. The van der Waals surface area contributed by atoms with Gasteiger partial charge in [0.2, 0.25) is 5.91 Å². The Kier molecular flexibility index (Phi) is 5.03. The molecule has 1 aromatic carbocycles. The lowest BCUT2D eigenvalue weighted by Crippen LogP contribution is -2.31. The summed E-state index contributed by atoms with van der Waals surface area (Å²) < 4.78 is 1.23. The van der Waals surface area contributed by atoms with Gasteiger partial charge in [0.05, 0.1) is 16.6 Å². The maximum Gasteiger partial charge on any atom is 0.263 e. The minimum atomic E-state index is -0.814. The Morgan fingerprint density at radius 3 is 2.67 bits per heavy atom. The van der Waals surface area contributed by atoms with Crippen molar-refractivity contribution in [2.75, 3.05) is 5.32 Å². The second kappa shape index (κ2) is 7.13. The van der Waals surface area contributed by atoms with E-state index in [1.807, 2.05) is 6.92 Å². The quantitative estimate of drug-likeness (QED) is 0.696. The molecule has 0 radical (unpaired) electrons. The van der Waals surface area contributed by atoms with E-state index >= 15 is 0 Å². The summed E-state index contributed by atoms with van der Waals surface area (Å²) in [4.78, 5) is 41.9. The van der Waals surface area contributed by atoms with Crippen LogP contribution in [-0.4, -0.2) is 21.4 Å². The fraction of sp³-hybridized carbons (Fsp3) is 0.222. The zero-order chi connectivity index (χ0) is 19.9. The molecule has 9 heteroatoms. The zero-order valence-corrected chi connectivity index (χ0v) is 16.4. The summed E-state index contributed by atoms with van der Waals surface area (Å²) in [7, 11) is 0. The number of anilines is 1. The Labute approximate surface area is 163 Å². The maximum atomic E-state index is 12.9. The molecule has 1 unspecified atom stereocenters. The average Bonchev–Trinajstić information content (AvgIpc) is 2.95. The lowest BCUT2D eigenvalue weighted by atomic mass is 10.2. The van der Waals surface area contributed by atoms with Crippen molar-refractivity contribution in [3.8, 4) is 0 Å². The van der Waals surface area contributed by atoms with Crippen molar-refractivity contribution in [3.05, 3.63) is 55.9 Å². The third kappa shape index (κ3) is 3.45. The van der Waals surface area contributed by atoms with E-state index in [1.54, 1.807) is 32.0 Å². The van der Waals surface area contributed by atoms with Crippen molar-refractivity contribution in [1.29, 1.82) is 0 Å². The lowest BCUT2D eigenvalue weighted by molar-refractivity contribution is -0.118. The van der Waals surface area contributed by atoms with Crippen LogP contribution in [0.25, 0.3) is 10.2 Å². The van der Waals surface area contributed by atoms with Crippen molar-refractivity contribution in [3.63, 3.8) is 0 Å². The standard InChI is InChI=1S/C18H17ClN4O3S/c1-8-4-5-11(6-12(8)19)22-16(25)10(3)23-7-21-17-13(18(23)26)9(2)14(27-17)15(20)24/h4-7,10H,1-3H3,(H2,20,24)(H,22,25). The summed E-state index contributed by atoms with van der Waals surface area (Å²) in [5, 5.41) is 3.58. The molecule has 0 fully saturated rings. The van der Waals surface area contributed by atoms with Crippen LogP contribution in [0.4, 0.5) is 5.69 Å². The molecule has 140 valence electrons. The number of nitrogens with two attached hydrogens (primary N) is 1. The number of halogens is 1. The highest BCUT2D eigenvalue weighted by Crippen LogP contribution is 2.27. The van der Waals surface area contributed by atoms with Crippen molar-refractivity contribution in [1.82, 2.24) is 9.55 Å². The first kappa shape index (κ1) is 19.1. The number of rotatable bonds is 4. The Hall–Kier alpha value is -2.71. The Morgan fingerprint density at radius 2 is 2.04 bits per heavy atom. The largest absolute Gasteiger partial charge is 0.365 e. The molecule has 0 saturated carbocycles. The fourth-order valence-electron chi connectivity index (χ4n) is 2.69. The topological polar surface area (TPSA) is 107 Å². The van der Waals surface area contributed by atoms with Gasteiger partial charge in [-0.25, -0.2) is 4.98 Å². The minimum absolute atomic E-state index is 0.291. The van der Waals surface area contributed by atoms with Gasteiger partial charge < -0.3 is 11.1 Å². The van der Waals surface area contributed by atoms with Crippen LogP contribution in [-0.2, 0) is 4.79 Å². The number of aromatic nitrogens is 2. The smallest absolute Gasteiger partial charge is 0.263 e. The molecule has 3 N–H and O–H groups in total. The van der Waals surface area contributed by atoms with E-state index < -0.39 is 17.5 Å². The zero-order valence-electron chi connectivity index (χ0n) is 14.9. The molecule has 0 bridgehead atoms. The van der Waals surface area contributed by atoms with Crippen molar-refractivity contribution in [2.24, 2.45) is 5.73 Å². The van der Waals surface area contributed by atoms with Gasteiger partial charge in [-0.15, -0.1) is 11.3 Å². The van der Waals surface area contributed by atoms with Crippen LogP contribution < -0.4 is 16.6 Å². The molecule has 3 rings (SSSR count). The third-order valence-electron chi connectivity index (χ3n) is 4.34. The van der Waals surface area contributed by atoms with Gasteiger partial charge >= 0.3 is 0 Å². The molecule has 3 aromatic rings. The van der Waals surface area contributed by atoms with Gasteiger partial charge in [0.15, 0.2) is 0 Å². The number of fused-ring (bicyclic) bond motifs is 1. The SMILES string of the molecule is Cc1ccc(NC(=O)C(C)n2cnc3sc(C(N)=O)c(C)c3c2=O)cc1Cl. The minimum Gasteiger partial charge on any atom is -0.365 e. The number of carbonyl (C=O) groups is 2. The molecule has 1 atom stereocenters. The van der Waals surface area contributed by atoms with Crippen LogP contribution in [0.1, 0.15) is 33.8 Å². The summed E-state index contributed by atoms with van der Waals surface area (Å²) in [6.07, 6.45) is 1.30. The number of carbonyl (C=O) groups excluding carboxylic acids is 2. The molecule has 0 saturated heterocycles. The Balaban J connectivity index is 1.96.